The molecule has 1 aromatic carbocycles. The van der Waals surface area contributed by atoms with E-state index in [-0.39, 0.29) is 24.0 Å². The Kier molecular flexibility index (Phi) is 4.50. The lowest BCUT2D eigenvalue weighted by Gasteiger charge is -2.50. The summed E-state index contributed by atoms with van der Waals surface area (Å²) < 4.78 is 44.5. The van der Waals surface area contributed by atoms with Gasteiger partial charge in [-0.15, -0.1) is 0 Å². The van der Waals surface area contributed by atoms with Gasteiger partial charge in [-0.25, -0.2) is 12.8 Å². The van der Waals surface area contributed by atoms with Gasteiger partial charge < -0.3 is 14.7 Å². The molecule has 0 aromatic heterocycles. The average Bonchev–Trinajstić information content (AvgIpc) is 3.20. The largest absolute Gasteiger partial charge is 0.481 e. The minimum absolute atomic E-state index is 0.0131. The first-order valence-electron chi connectivity index (χ1n) is 9.35. The molecule has 9 heteroatoms. The van der Waals surface area contributed by atoms with Crippen molar-refractivity contribution in [2.75, 3.05) is 19.7 Å². The summed E-state index contributed by atoms with van der Waals surface area (Å²) in [6, 6.07) is 4.70. The van der Waals surface area contributed by atoms with E-state index < -0.39 is 37.9 Å². The minimum Gasteiger partial charge on any atom is -0.481 e. The summed E-state index contributed by atoms with van der Waals surface area (Å²) in [5.74, 6) is -1.65. The van der Waals surface area contributed by atoms with E-state index in [0.717, 1.165) is 12.1 Å². The highest BCUT2D eigenvalue weighted by atomic mass is 32.2. The number of carbonyl (C=O) groups is 2. The smallest absolute Gasteiger partial charge is 0.311 e. The highest BCUT2D eigenvalue weighted by Crippen LogP contribution is 2.50. The summed E-state index contributed by atoms with van der Waals surface area (Å²) in [5.41, 5.74) is -1.94. The Morgan fingerprint density at radius 1 is 1.14 bits per heavy atom. The molecule has 3 heterocycles. The highest BCUT2D eigenvalue weighted by molar-refractivity contribution is 7.92. The maximum absolute atomic E-state index is 13.1. The van der Waals surface area contributed by atoms with Crippen molar-refractivity contribution in [1.82, 2.24) is 4.90 Å². The van der Waals surface area contributed by atoms with E-state index in [4.69, 9.17) is 4.74 Å². The predicted molar refractivity (Wildman–Crippen MR) is 95.8 cm³/mol. The van der Waals surface area contributed by atoms with Crippen molar-refractivity contribution >= 4 is 21.7 Å². The van der Waals surface area contributed by atoms with Gasteiger partial charge in [0.15, 0.2) is 9.84 Å². The van der Waals surface area contributed by atoms with E-state index in [1.54, 1.807) is 0 Å². The lowest BCUT2D eigenvalue weighted by atomic mass is 9.65. The van der Waals surface area contributed by atoms with E-state index in [1.807, 2.05) is 0 Å². The van der Waals surface area contributed by atoms with Crippen LogP contribution in [0.25, 0.3) is 0 Å². The molecule has 4 fully saturated rings. The number of amides is 1. The second kappa shape index (κ2) is 6.52. The molecule has 3 saturated heterocycles. The molecule has 1 atom stereocenters. The van der Waals surface area contributed by atoms with Crippen LogP contribution in [0.5, 0.6) is 0 Å². The van der Waals surface area contributed by atoms with Crippen LogP contribution in [0, 0.1) is 11.2 Å². The first kappa shape index (κ1) is 19.3. The molecule has 1 saturated carbocycles. The first-order chi connectivity index (χ1) is 13.2. The number of ether oxygens (including phenoxy) is 1. The fourth-order valence-corrected chi connectivity index (χ4v) is 6.21. The van der Waals surface area contributed by atoms with Gasteiger partial charge in [-0.3, -0.25) is 9.59 Å². The number of rotatable bonds is 4. The number of likely N-dealkylation sites (tertiary alicyclic amines) is 1. The third kappa shape index (κ3) is 2.91. The Balaban J connectivity index is 1.47. The third-order valence-corrected chi connectivity index (χ3v) is 8.69. The lowest BCUT2D eigenvalue weighted by molar-refractivity contribution is -0.209. The van der Waals surface area contributed by atoms with Crippen molar-refractivity contribution in [3.8, 4) is 0 Å². The van der Waals surface area contributed by atoms with Gasteiger partial charge in [0.1, 0.15) is 11.4 Å². The Labute approximate surface area is 162 Å². The van der Waals surface area contributed by atoms with Gasteiger partial charge in [0.2, 0.25) is 0 Å². The van der Waals surface area contributed by atoms with Crippen LogP contribution in [0.1, 0.15) is 32.1 Å². The quantitative estimate of drug-likeness (QED) is 0.756. The molecule has 0 radical (unpaired) electrons. The number of sulfone groups is 1. The summed E-state index contributed by atoms with van der Waals surface area (Å²) in [6.07, 6.45) is 1.76. The van der Waals surface area contributed by atoms with Crippen molar-refractivity contribution in [3.63, 3.8) is 0 Å². The fraction of sp³-hybridized carbons (Fsp3) is 0.579. The molecular formula is C19H22FNO6S. The Morgan fingerprint density at radius 3 is 2.32 bits per heavy atom. The van der Waals surface area contributed by atoms with Crippen LogP contribution in [0.4, 0.5) is 4.39 Å². The highest BCUT2D eigenvalue weighted by Gasteiger charge is 2.58. The van der Waals surface area contributed by atoms with Crippen LogP contribution in [0.15, 0.2) is 29.2 Å². The van der Waals surface area contributed by atoms with Crippen molar-refractivity contribution in [2.24, 2.45) is 5.41 Å². The molecule has 0 spiro atoms. The SMILES string of the molecule is O=C(O)C12CCC(C(=O)N3CCC(S(=O)(=O)c4ccc(F)cc4)C3)(CC1)OC2. The number of hydrogen-bond acceptors (Lipinski definition) is 5. The van der Waals surface area contributed by atoms with Crippen molar-refractivity contribution < 1.29 is 32.2 Å². The second-order valence-corrected chi connectivity index (χ2v) is 10.3. The molecule has 28 heavy (non-hydrogen) atoms. The topological polar surface area (TPSA) is 101 Å². The van der Waals surface area contributed by atoms with Gasteiger partial charge in [0, 0.05) is 13.1 Å². The Morgan fingerprint density at radius 2 is 1.79 bits per heavy atom. The molecule has 1 aromatic rings. The fourth-order valence-electron chi connectivity index (χ4n) is 4.52. The molecule has 4 aliphatic rings. The Hall–Kier alpha value is -2.00. The summed E-state index contributed by atoms with van der Waals surface area (Å²) in [7, 11) is -3.67. The van der Waals surface area contributed by atoms with Gasteiger partial charge in [-0.05, 0) is 56.4 Å². The molecule has 1 unspecified atom stereocenters. The number of carboxylic acids is 1. The number of halogens is 1. The summed E-state index contributed by atoms with van der Waals surface area (Å²) in [5, 5.41) is 8.68. The monoisotopic (exact) mass is 411 g/mol. The van der Waals surface area contributed by atoms with E-state index in [0.29, 0.717) is 38.6 Å². The number of aliphatic carboxylic acids is 1. The number of fused-ring (bicyclic) bond motifs is 3. The van der Waals surface area contributed by atoms with E-state index in [1.165, 1.54) is 17.0 Å². The minimum atomic E-state index is -3.67. The van der Waals surface area contributed by atoms with E-state index in [2.05, 4.69) is 0 Å². The second-order valence-electron chi connectivity index (χ2n) is 8.03. The van der Waals surface area contributed by atoms with Gasteiger partial charge in [-0.2, -0.15) is 0 Å². The zero-order valence-corrected chi connectivity index (χ0v) is 16.1. The molecular weight excluding hydrogens is 389 g/mol. The molecule has 7 nitrogen and oxygen atoms in total. The Bertz CT molecular complexity index is 888. The van der Waals surface area contributed by atoms with Crippen molar-refractivity contribution in [3.05, 3.63) is 30.1 Å². The van der Waals surface area contributed by atoms with Gasteiger partial charge in [0.25, 0.3) is 5.91 Å². The van der Waals surface area contributed by atoms with Crippen LogP contribution in [-0.4, -0.2) is 60.8 Å². The molecule has 152 valence electrons. The summed E-state index contributed by atoms with van der Waals surface area (Å²) in [4.78, 5) is 26.2. The van der Waals surface area contributed by atoms with Crippen molar-refractivity contribution in [2.45, 2.75) is 47.9 Å². The van der Waals surface area contributed by atoms with E-state index >= 15 is 0 Å². The summed E-state index contributed by atoms with van der Waals surface area (Å²) in [6.45, 7) is 0.381. The molecule has 1 N–H and O–H groups in total. The van der Waals surface area contributed by atoms with Gasteiger partial charge in [0.05, 0.1) is 22.2 Å². The molecule has 1 aliphatic carbocycles. The third-order valence-electron chi connectivity index (χ3n) is 6.50. The number of nitrogens with zero attached hydrogens (tertiary/aromatic N) is 1. The van der Waals surface area contributed by atoms with Crippen LogP contribution in [0.3, 0.4) is 0 Å². The van der Waals surface area contributed by atoms with Crippen LogP contribution in [-0.2, 0) is 24.2 Å². The van der Waals surface area contributed by atoms with Gasteiger partial charge in [-0.1, -0.05) is 0 Å². The molecule has 5 rings (SSSR count). The molecule has 1 amide bonds. The average molecular weight is 411 g/mol. The maximum atomic E-state index is 13.1. The lowest BCUT2D eigenvalue weighted by Crippen LogP contribution is -2.61. The van der Waals surface area contributed by atoms with Gasteiger partial charge >= 0.3 is 5.97 Å². The zero-order chi connectivity index (χ0) is 20.2. The van der Waals surface area contributed by atoms with Crippen LogP contribution in [0.2, 0.25) is 0 Å². The molecule has 3 aliphatic heterocycles. The number of benzene rings is 1. The van der Waals surface area contributed by atoms with Crippen LogP contribution >= 0.6 is 0 Å². The predicted octanol–water partition coefficient (Wildman–Crippen LogP) is 1.61. The maximum Gasteiger partial charge on any atom is 0.311 e. The number of carboxylic acid groups (broad SMARTS) is 1. The standard InChI is InChI=1S/C19H22FNO6S/c20-13-1-3-14(4-2-13)28(25,26)15-5-10-21(11-15)16(22)19-8-6-18(7-9-19,12-27-19)17(23)24/h1-4,15H,5-12H2,(H,23,24). The summed E-state index contributed by atoms with van der Waals surface area (Å²) >= 11 is 0. The number of carbonyl (C=O) groups excluding carboxylic acids is 1. The first-order valence-corrected chi connectivity index (χ1v) is 10.9. The zero-order valence-electron chi connectivity index (χ0n) is 15.3. The molecule has 2 bridgehead atoms. The van der Waals surface area contributed by atoms with E-state index in [9.17, 15) is 27.5 Å². The number of hydrogen-bond donors (Lipinski definition) is 1. The van der Waals surface area contributed by atoms with Crippen LogP contribution < -0.4 is 0 Å². The van der Waals surface area contributed by atoms with Crippen molar-refractivity contribution in [1.29, 1.82) is 0 Å². The normalized spacial score (nSPS) is 32.5.